The van der Waals surface area contributed by atoms with E-state index in [1.165, 1.54) is 0 Å². The third-order valence-corrected chi connectivity index (χ3v) is 5.55. The van der Waals surface area contributed by atoms with Crippen molar-refractivity contribution in [3.8, 4) is 17.2 Å². The van der Waals surface area contributed by atoms with Gasteiger partial charge in [-0.3, -0.25) is 4.98 Å². The molecule has 1 aromatic heterocycles. The molecule has 0 aliphatic carbocycles. The second-order valence-corrected chi connectivity index (χ2v) is 7.47. The van der Waals surface area contributed by atoms with Gasteiger partial charge < -0.3 is 14.2 Å². The maximum Gasteiger partial charge on any atom is 0.215 e. The number of hydrogen-bond acceptors (Lipinski definition) is 6. The zero-order valence-corrected chi connectivity index (χ0v) is 17.7. The fraction of sp³-hybridized carbons (Fsp3) is 0.280. The molecule has 2 aromatic carbocycles. The van der Waals surface area contributed by atoms with Crippen molar-refractivity contribution in [2.24, 2.45) is 5.10 Å². The quantitative estimate of drug-likeness (QED) is 0.559. The predicted octanol–water partition coefficient (Wildman–Crippen LogP) is 5.12. The minimum Gasteiger partial charge on any atom is -0.494 e. The lowest BCUT2D eigenvalue weighted by molar-refractivity contribution is -0.0214. The summed E-state index contributed by atoms with van der Waals surface area (Å²) in [6, 6.07) is 18.2. The average Bonchev–Trinajstić information content (AvgIpc) is 3.26. The minimum atomic E-state index is -0.368. The van der Waals surface area contributed by atoms with E-state index in [0.717, 1.165) is 46.1 Å². The second-order valence-electron chi connectivity index (χ2n) is 7.47. The zero-order chi connectivity index (χ0) is 21.2. The lowest BCUT2D eigenvalue weighted by atomic mass is 9.95. The lowest BCUT2D eigenvalue weighted by Gasteiger charge is -2.38. The van der Waals surface area contributed by atoms with Crippen molar-refractivity contribution in [2.75, 3.05) is 13.2 Å². The number of fused-ring (bicyclic) bond motifs is 3. The molecule has 2 aliphatic rings. The van der Waals surface area contributed by atoms with E-state index in [0.29, 0.717) is 13.2 Å². The molecule has 0 saturated carbocycles. The van der Waals surface area contributed by atoms with Gasteiger partial charge in [-0.05, 0) is 55.8 Å². The van der Waals surface area contributed by atoms with Crippen LogP contribution < -0.4 is 14.2 Å². The van der Waals surface area contributed by atoms with Crippen LogP contribution in [0.1, 0.15) is 49.2 Å². The van der Waals surface area contributed by atoms with E-state index in [2.05, 4.69) is 28.2 Å². The number of pyridine rings is 1. The summed E-state index contributed by atoms with van der Waals surface area (Å²) in [5.74, 6) is 2.43. The smallest absolute Gasteiger partial charge is 0.215 e. The number of rotatable bonds is 6. The normalized spacial score (nSPS) is 19.2. The Hall–Kier alpha value is -3.54. The number of hydrogen-bond donors (Lipinski definition) is 0. The number of ether oxygens (including phenoxy) is 3. The predicted molar refractivity (Wildman–Crippen MR) is 119 cm³/mol. The summed E-state index contributed by atoms with van der Waals surface area (Å²) in [5, 5.41) is 7.06. The number of nitrogens with zero attached hydrogens (tertiary/aromatic N) is 3. The number of hydrazone groups is 1. The highest BCUT2D eigenvalue weighted by molar-refractivity contribution is 6.02. The molecule has 2 aliphatic heterocycles. The molecular weight excluding hydrogens is 390 g/mol. The van der Waals surface area contributed by atoms with Crippen LogP contribution in [0.4, 0.5) is 0 Å². The van der Waals surface area contributed by atoms with E-state index >= 15 is 0 Å². The zero-order valence-electron chi connectivity index (χ0n) is 17.7. The molecule has 6 nitrogen and oxygen atoms in total. The van der Waals surface area contributed by atoms with Gasteiger partial charge in [0.2, 0.25) is 6.23 Å². The fourth-order valence-corrected chi connectivity index (χ4v) is 4.18. The molecule has 0 radical (unpaired) electrons. The van der Waals surface area contributed by atoms with Crippen LogP contribution in [-0.2, 0) is 0 Å². The largest absolute Gasteiger partial charge is 0.494 e. The van der Waals surface area contributed by atoms with Crippen molar-refractivity contribution in [3.63, 3.8) is 0 Å². The Morgan fingerprint density at radius 2 is 1.84 bits per heavy atom. The molecule has 5 rings (SSSR count). The van der Waals surface area contributed by atoms with Crippen LogP contribution in [0.25, 0.3) is 0 Å². The van der Waals surface area contributed by atoms with Crippen LogP contribution >= 0.6 is 0 Å². The Labute approximate surface area is 182 Å². The first-order chi connectivity index (χ1) is 15.3. The van der Waals surface area contributed by atoms with Gasteiger partial charge in [0.25, 0.3) is 0 Å². The molecule has 31 heavy (non-hydrogen) atoms. The summed E-state index contributed by atoms with van der Waals surface area (Å²) >= 11 is 0. The van der Waals surface area contributed by atoms with E-state index in [9.17, 15) is 0 Å². The molecule has 6 heteroatoms. The van der Waals surface area contributed by atoms with Crippen molar-refractivity contribution in [2.45, 2.75) is 32.5 Å². The van der Waals surface area contributed by atoms with Crippen LogP contribution in [0.15, 0.2) is 72.1 Å². The average molecular weight is 415 g/mol. The Morgan fingerprint density at radius 3 is 2.58 bits per heavy atom. The van der Waals surface area contributed by atoms with Crippen LogP contribution in [0.3, 0.4) is 0 Å². The standard InChI is InChI=1S/C25H25N3O3/c1-3-29-19-12-10-17(11-13-19)21-15-22-20-8-5-9-23(30-4-2)24(20)31-25(28(22)27-21)18-7-6-14-26-16-18/h5-14,16,22,25H,3-4,15H2,1-2H3/t22-,25+/m1/s1. The van der Waals surface area contributed by atoms with Crippen LogP contribution in [0.5, 0.6) is 17.2 Å². The highest BCUT2D eigenvalue weighted by Gasteiger charge is 2.42. The van der Waals surface area contributed by atoms with Gasteiger partial charge in [-0.1, -0.05) is 18.2 Å². The molecular formula is C25H25N3O3. The lowest BCUT2D eigenvalue weighted by Crippen LogP contribution is -2.34. The van der Waals surface area contributed by atoms with Crippen molar-refractivity contribution in [1.82, 2.24) is 9.99 Å². The van der Waals surface area contributed by atoms with Gasteiger partial charge >= 0.3 is 0 Å². The van der Waals surface area contributed by atoms with Gasteiger partial charge in [0, 0.05) is 29.9 Å². The molecule has 158 valence electrons. The summed E-state index contributed by atoms with van der Waals surface area (Å²) in [6.07, 6.45) is 4.02. The van der Waals surface area contributed by atoms with Crippen LogP contribution in [0, 0.1) is 0 Å². The molecule has 3 aromatic rings. The molecule has 0 unspecified atom stereocenters. The summed E-state index contributed by atoms with van der Waals surface area (Å²) in [5.41, 5.74) is 4.17. The first-order valence-electron chi connectivity index (χ1n) is 10.7. The Balaban J connectivity index is 1.55. The van der Waals surface area contributed by atoms with E-state index in [-0.39, 0.29) is 12.3 Å². The van der Waals surface area contributed by atoms with E-state index in [4.69, 9.17) is 19.3 Å². The monoisotopic (exact) mass is 415 g/mol. The highest BCUT2D eigenvalue weighted by atomic mass is 16.5. The maximum atomic E-state index is 6.48. The first kappa shape index (κ1) is 19.4. The van der Waals surface area contributed by atoms with E-state index in [1.54, 1.807) is 6.20 Å². The third kappa shape index (κ3) is 3.58. The van der Waals surface area contributed by atoms with Gasteiger partial charge in [0.05, 0.1) is 25.0 Å². The van der Waals surface area contributed by atoms with Crippen molar-refractivity contribution < 1.29 is 14.2 Å². The number of benzene rings is 2. The van der Waals surface area contributed by atoms with Gasteiger partial charge in [0.1, 0.15) is 5.75 Å². The van der Waals surface area contributed by atoms with Gasteiger partial charge in [0.15, 0.2) is 11.5 Å². The van der Waals surface area contributed by atoms with E-state index in [1.807, 2.05) is 56.4 Å². The van der Waals surface area contributed by atoms with Gasteiger partial charge in [-0.25, -0.2) is 5.01 Å². The Bertz CT molecular complexity index is 1080. The van der Waals surface area contributed by atoms with Crippen LogP contribution in [-0.4, -0.2) is 28.9 Å². The second kappa shape index (κ2) is 8.30. The fourth-order valence-electron chi connectivity index (χ4n) is 4.18. The maximum absolute atomic E-state index is 6.48. The number of para-hydroxylation sites is 1. The summed E-state index contributed by atoms with van der Waals surface area (Å²) < 4.78 is 17.9. The number of aromatic nitrogens is 1. The summed E-state index contributed by atoms with van der Waals surface area (Å²) in [6.45, 7) is 5.20. The summed E-state index contributed by atoms with van der Waals surface area (Å²) in [4.78, 5) is 4.29. The molecule has 0 amide bonds. The third-order valence-electron chi connectivity index (χ3n) is 5.55. The minimum absolute atomic E-state index is 0.0657. The topological polar surface area (TPSA) is 56.2 Å². The Kier molecular flexibility index (Phi) is 5.20. The molecule has 0 fully saturated rings. The summed E-state index contributed by atoms with van der Waals surface area (Å²) in [7, 11) is 0. The Morgan fingerprint density at radius 1 is 1.00 bits per heavy atom. The van der Waals surface area contributed by atoms with Crippen molar-refractivity contribution >= 4 is 5.71 Å². The molecule has 3 heterocycles. The van der Waals surface area contributed by atoms with Crippen molar-refractivity contribution in [3.05, 3.63) is 83.7 Å². The molecule has 0 spiro atoms. The molecule has 0 saturated heterocycles. The van der Waals surface area contributed by atoms with E-state index < -0.39 is 0 Å². The van der Waals surface area contributed by atoms with Crippen LogP contribution in [0.2, 0.25) is 0 Å². The van der Waals surface area contributed by atoms with Gasteiger partial charge in [-0.2, -0.15) is 5.10 Å². The molecule has 0 bridgehead atoms. The van der Waals surface area contributed by atoms with Gasteiger partial charge in [-0.15, -0.1) is 0 Å². The SMILES string of the molecule is CCOc1ccc(C2=NN3[C@H](C2)c2cccc(OCC)c2O[C@H]3c2cccnc2)cc1. The molecule has 2 atom stereocenters. The first-order valence-corrected chi connectivity index (χ1v) is 10.7. The van der Waals surface area contributed by atoms with Crippen molar-refractivity contribution in [1.29, 1.82) is 0 Å². The highest BCUT2D eigenvalue weighted by Crippen LogP contribution is 2.50. The molecule has 0 N–H and O–H groups in total.